The van der Waals surface area contributed by atoms with Crippen molar-refractivity contribution in [3.8, 4) is 0 Å². The summed E-state index contributed by atoms with van der Waals surface area (Å²) in [7, 11) is 0. The zero-order valence-corrected chi connectivity index (χ0v) is 8.69. The molecule has 5 nitrogen and oxygen atoms in total. The van der Waals surface area contributed by atoms with E-state index in [4.69, 9.17) is 16.7 Å². The van der Waals surface area contributed by atoms with Gasteiger partial charge < -0.3 is 10.4 Å². The lowest BCUT2D eigenvalue weighted by molar-refractivity contribution is -0.138. The molecular formula is C7H9ClN2O3S. The molecule has 3 N–H and O–H groups in total. The van der Waals surface area contributed by atoms with E-state index in [-0.39, 0.29) is 13.0 Å². The molecular weight excluding hydrogens is 228 g/mol. The highest BCUT2D eigenvalue weighted by Gasteiger charge is 2.30. The second kappa shape index (κ2) is 4.68. The van der Waals surface area contributed by atoms with Crippen LogP contribution in [-0.2, 0) is 9.59 Å². The third-order valence-electron chi connectivity index (χ3n) is 1.48. The van der Waals surface area contributed by atoms with E-state index < -0.39 is 16.9 Å². The topological polar surface area (TPSA) is 78.4 Å². The fourth-order valence-corrected chi connectivity index (χ4v) is 1.97. The average molecular weight is 237 g/mol. The molecule has 0 aromatic rings. The van der Waals surface area contributed by atoms with Gasteiger partial charge in [0.15, 0.2) is 0 Å². The van der Waals surface area contributed by atoms with Crippen LogP contribution in [0.3, 0.4) is 0 Å². The van der Waals surface area contributed by atoms with E-state index in [1.165, 1.54) is 11.9 Å². The molecule has 1 atom stereocenters. The maximum atomic E-state index is 11.2. The molecule has 1 aliphatic heterocycles. The highest BCUT2D eigenvalue weighted by Crippen LogP contribution is 2.27. The zero-order chi connectivity index (χ0) is 10.6. The number of amides is 1. The maximum Gasteiger partial charge on any atom is 0.322 e. The van der Waals surface area contributed by atoms with Crippen LogP contribution < -0.4 is 10.0 Å². The number of nitrogens with one attached hydrogen (secondary N) is 2. The summed E-state index contributed by atoms with van der Waals surface area (Å²) in [5, 5.41) is 12.3. The van der Waals surface area contributed by atoms with E-state index in [1.807, 2.05) is 0 Å². The Bertz CT molecular complexity index is 284. The van der Waals surface area contributed by atoms with Crippen LogP contribution in [0.4, 0.5) is 0 Å². The molecule has 1 unspecified atom stereocenters. The Morgan fingerprint density at radius 2 is 2.36 bits per heavy atom. The summed E-state index contributed by atoms with van der Waals surface area (Å²) in [5.74, 6) is -1.48. The number of carboxylic acids is 1. The van der Waals surface area contributed by atoms with Crippen molar-refractivity contribution in [1.82, 2.24) is 10.0 Å². The third-order valence-corrected chi connectivity index (χ3v) is 2.70. The van der Waals surface area contributed by atoms with Crippen molar-refractivity contribution in [1.29, 1.82) is 0 Å². The number of carbonyl (C=O) groups excluding carboxylic acids is 1. The van der Waals surface area contributed by atoms with Gasteiger partial charge in [-0.25, -0.2) is 4.72 Å². The van der Waals surface area contributed by atoms with Crippen LogP contribution in [0.1, 0.15) is 6.42 Å². The third kappa shape index (κ3) is 3.57. The molecule has 0 radical (unpaired) electrons. The molecule has 0 saturated carbocycles. The van der Waals surface area contributed by atoms with Crippen molar-refractivity contribution in [2.24, 2.45) is 0 Å². The maximum absolute atomic E-state index is 11.2. The monoisotopic (exact) mass is 236 g/mol. The van der Waals surface area contributed by atoms with Gasteiger partial charge in [0.2, 0.25) is 5.91 Å². The number of halogens is 1. The number of carbonyl (C=O) groups is 2. The molecule has 0 spiro atoms. The van der Waals surface area contributed by atoms with Crippen molar-refractivity contribution in [2.75, 3.05) is 6.54 Å². The van der Waals surface area contributed by atoms with Crippen LogP contribution in [-0.4, -0.2) is 28.5 Å². The summed E-state index contributed by atoms with van der Waals surface area (Å²) >= 11 is 7.24. The van der Waals surface area contributed by atoms with E-state index in [2.05, 4.69) is 10.0 Å². The number of rotatable bonds is 4. The summed E-state index contributed by atoms with van der Waals surface area (Å²) in [5.41, 5.74) is 0. The smallest absolute Gasteiger partial charge is 0.322 e. The van der Waals surface area contributed by atoms with Crippen LogP contribution in [0.5, 0.6) is 0 Å². The first-order chi connectivity index (χ1) is 6.52. The Morgan fingerprint density at radius 1 is 1.64 bits per heavy atom. The molecule has 78 valence electrons. The minimum atomic E-state index is -1.08. The highest BCUT2D eigenvalue weighted by molar-refractivity contribution is 8.00. The molecule has 0 fully saturated rings. The average Bonchev–Trinajstić information content (AvgIpc) is 2.48. The molecule has 7 heteroatoms. The lowest BCUT2D eigenvalue weighted by Gasteiger charge is -2.17. The van der Waals surface area contributed by atoms with Gasteiger partial charge in [0.1, 0.15) is 11.5 Å². The van der Waals surface area contributed by atoms with Crippen molar-refractivity contribution < 1.29 is 14.7 Å². The van der Waals surface area contributed by atoms with Gasteiger partial charge in [0.05, 0.1) is 6.42 Å². The second-order valence-corrected chi connectivity index (χ2v) is 4.12. The Balaban J connectivity index is 2.33. The van der Waals surface area contributed by atoms with Gasteiger partial charge in [-0.15, -0.1) is 0 Å². The Labute approximate surface area is 90.0 Å². The van der Waals surface area contributed by atoms with Crippen LogP contribution >= 0.6 is 23.5 Å². The summed E-state index contributed by atoms with van der Waals surface area (Å²) in [4.78, 5) is 20.4. The van der Waals surface area contributed by atoms with Crippen LogP contribution in [0.25, 0.3) is 0 Å². The first-order valence-electron chi connectivity index (χ1n) is 3.80. The molecule has 1 aliphatic rings. The lowest BCUT2D eigenvalue weighted by Crippen LogP contribution is -2.38. The van der Waals surface area contributed by atoms with E-state index >= 15 is 0 Å². The van der Waals surface area contributed by atoms with Gasteiger partial charge >= 0.3 is 5.97 Å². The van der Waals surface area contributed by atoms with Crippen LogP contribution in [0.2, 0.25) is 0 Å². The largest absolute Gasteiger partial charge is 0.480 e. The molecule has 1 heterocycles. The number of carboxylic acid groups (broad SMARTS) is 1. The van der Waals surface area contributed by atoms with Gasteiger partial charge in [0.25, 0.3) is 0 Å². The van der Waals surface area contributed by atoms with Crippen molar-refractivity contribution in [3.63, 3.8) is 0 Å². The summed E-state index contributed by atoms with van der Waals surface area (Å²) < 4.78 is 2.81. The van der Waals surface area contributed by atoms with E-state index in [0.29, 0.717) is 0 Å². The quantitative estimate of drug-likeness (QED) is 0.371. The van der Waals surface area contributed by atoms with Gasteiger partial charge in [-0.3, -0.25) is 9.59 Å². The fourth-order valence-electron chi connectivity index (χ4n) is 0.873. The van der Waals surface area contributed by atoms with Crippen molar-refractivity contribution >= 4 is 35.4 Å². The first kappa shape index (κ1) is 11.4. The minimum absolute atomic E-state index is 0.00529. The van der Waals surface area contributed by atoms with Crippen LogP contribution in [0.15, 0.2) is 11.5 Å². The van der Waals surface area contributed by atoms with Gasteiger partial charge in [-0.2, -0.15) is 0 Å². The highest BCUT2D eigenvalue weighted by atomic mass is 35.5. The first-order valence-corrected chi connectivity index (χ1v) is 5.05. The lowest BCUT2D eigenvalue weighted by atomic mass is 10.2. The fraction of sp³-hybridized carbons (Fsp3) is 0.429. The summed E-state index contributed by atoms with van der Waals surface area (Å²) in [6.07, 6.45) is 1.66. The SMILES string of the molecule is O=C(O)CNC(=O)CC1(Cl)C=CSN1. The molecule has 1 amide bonds. The molecule has 0 aromatic carbocycles. The van der Waals surface area contributed by atoms with Crippen molar-refractivity contribution in [3.05, 3.63) is 11.5 Å². The second-order valence-electron chi connectivity index (χ2n) is 2.73. The van der Waals surface area contributed by atoms with Crippen molar-refractivity contribution in [2.45, 2.75) is 11.4 Å². The predicted octanol–water partition coefficient (Wildman–Crippen LogP) is 0.277. The number of hydrogen-bond donors (Lipinski definition) is 3. The molecule has 0 aliphatic carbocycles. The Morgan fingerprint density at radius 3 is 2.86 bits per heavy atom. The number of hydrogen-bond acceptors (Lipinski definition) is 4. The van der Waals surface area contributed by atoms with E-state index in [0.717, 1.165) is 0 Å². The molecule has 0 saturated heterocycles. The predicted molar refractivity (Wildman–Crippen MR) is 53.7 cm³/mol. The molecule has 0 bridgehead atoms. The molecule has 14 heavy (non-hydrogen) atoms. The van der Waals surface area contributed by atoms with Gasteiger partial charge in [-0.05, 0) is 11.5 Å². The number of alkyl halides is 1. The standard InChI is InChI=1S/C7H9ClN2O3S/c8-7(1-2-14-10-7)3-5(11)9-4-6(12)13/h1-2,10H,3-4H2,(H,9,11)(H,12,13). The minimum Gasteiger partial charge on any atom is -0.480 e. The Hall–Kier alpha value is -0.720. The molecule has 0 aromatic heterocycles. The normalized spacial score (nSPS) is 24.9. The summed E-state index contributed by atoms with van der Waals surface area (Å²) in [6, 6.07) is 0. The van der Waals surface area contributed by atoms with E-state index in [9.17, 15) is 9.59 Å². The summed E-state index contributed by atoms with van der Waals surface area (Å²) in [6.45, 7) is -0.386. The Kier molecular flexibility index (Phi) is 3.79. The molecule has 1 rings (SSSR count). The van der Waals surface area contributed by atoms with Gasteiger partial charge in [-0.1, -0.05) is 23.5 Å². The van der Waals surface area contributed by atoms with Crippen LogP contribution in [0, 0.1) is 0 Å². The zero-order valence-electron chi connectivity index (χ0n) is 7.12. The van der Waals surface area contributed by atoms with E-state index in [1.54, 1.807) is 11.5 Å². The van der Waals surface area contributed by atoms with Gasteiger partial charge in [0, 0.05) is 0 Å². The number of aliphatic carboxylic acids is 1.